The third-order valence-corrected chi connectivity index (χ3v) is 5.75. The fraction of sp³-hybridized carbons (Fsp3) is 0.333. The summed E-state index contributed by atoms with van der Waals surface area (Å²) >= 11 is 2.85. The lowest BCUT2D eigenvalue weighted by Crippen LogP contribution is -2.09. The summed E-state index contributed by atoms with van der Waals surface area (Å²) in [7, 11) is 0. The molecule has 3 rings (SSSR count). The third-order valence-electron chi connectivity index (χ3n) is 3.73. The Balaban J connectivity index is 1.90. The molecule has 0 fully saturated rings. The number of nitrogens with zero attached hydrogens (tertiary/aromatic N) is 3. The van der Waals surface area contributed by atoms with Crippen molar-refractivity contribution in [2.75, 3.05) is 0 Å². The van der Waals surface area contributed by atoms with Gasteiger partial charge in [-0.3, -0.25) is 10.1 Å². The van der Waals surface area contributed by atoms with Gasteiger partial charge < -0.3 is 0 Å². The Bertz CT molecular complexity index is 798. The molecule has 1 aliphatic carbocycles. The van der Waals surface area contributed by atoms with Gasteiger partial charge in [0.1, 0.15) is 11.1 Å². The van der Waals surface area contributed by atoms with Crippen LogP contribution in [0.25, 0.3) is 0 Å². The van der Waals surface area contributed by atoms with E-state index in [2.05, 4.69) is 18.0 Å². The summed E-state index contributed by atoms with van der Waals surface area (Å²) in [6, 6.07) is 3.77. The second-order valence-corrected chi connectivity index (χ2v) is 7.39. The molecule has 0 saturated carbocycles. The molecule has 2 heterocycles. The maximum atomic E-state index is 10.7. The summed E-state index contributed by atoms with van der Waals surface area (Å²) in [6.45, 7) is 2.22. The van der Waals surface area contributed by atoms with Crippen LogP contribution in [0.3, 0.4) is 0 Å². The van der Waals surface area contributed by atoms with Crippen LogP contribution in [0, 0.1) is 27.4 Å². The van der Waals surface area contributed by atoms with Gasteiger partial charge in [-0.2, -0.15) is 5.26 Å². The van der Waals surface area contributed by atoms with Gasteiger partial charge in [-0.05, 0) is 30.7 Å². The molecule has 0 bridgehead atoms. The number of hydrogen-bond donors (Lipinski definition) is 0. The quantitative estimate of drug-likeness (QED) is 0.473. The van der Waals surface area contributed by atoms with Crippen molar-refractivity contribution < 1.29 is 4.92 Å². The predicted octanol–water partition coefficient (Wildman–Crippen LogP) is 4.46. The van der Waals surface area contributed by atoms with E-state index in [1.165, 1.54) is 27.7 Å². The van der Waals surface area contributed by atoms with Gasteiger partial charge in [0.05, 0.1) is 20.7 Å². The van der Waals surface area contributed by atoms with Crippen molar-refractivity contribution in [2.24, 2.45) is 10.9 Å². The maximum Gasteiger partial charge on any atom is 0.280 e. The highest BCUT2D eigenvalue weighted by Gasteiger charge is 2.23. The van der Waals surface area contributed by atoms with E-state index in [4.69, 9.17) is 0 Å². The number of fused-ring (bicyclic) bond motifs is 1. The number of rotatable bonds is 3. The number of nitro groups is 1. The van der Waals surface area contributed by atoms with Gasteiger partial charge in [-0.1, -0.05) is 6.92 Å². The average Bonchev–Trinajstić information content (AvgIpc) is 3.08. The molecule has 0 amide bonds. The van der Waals surface area contributed by atoms with Gasteiger partial charge in [0.2, 0.25) is 0 Å². The van der Waals surface area contributed by atoms with Crippen LogP contribution in [0.2, 0.25) is 0 Å². The average molecular weight is 331 g/mol. The maximum absolute atomic E-state index is 10.7. The Morgan fingerprint density at radius 2 is 2.41 bits per heavy atom. The number of aliphatic imine (C=N–C) groups is 1. The van der Waals surface area contributed by atoms with Crippen LogP contribution in [-0.2, 0) is 12.8 Å². The highest BCUT2D eigenvalue weighted by Crippen LogP contribution is 2.40. The Labute approximate surface area is 135 Å². The molecule has 0 aliphatic heterocycles. The normalized spacial score (nSPS) is 17.4. The molecule has 2 aromatic rings. The van der Waals surface area contributed by atoms with Crippen molar-refractivity contribution in [3.8, 4) is 6.07 Å². The predicted molar refractivity (Wildman–Crippen MR) is 88.5 cm³/mol. The summed E-state index contributed by atoms with van der Waals surface area (Å²) in [4.78, 5) is 16.7. The van der Waals surface area contributed by atoms with Crippen LogP contribution in [0.4, 0.5) is 10.7 Å². The van der Waals surface area contributed by atoms with E-state index < -0.39 is 4.92 Å². The fourth-order valence-electron chi connectivity index (χ4n) is 2.57. The summed E-state index contributed by atoms with van der Waals surface area (Å²) in [6.07, 6.45) is 4.67. The van der Waals surface area contributed by atoms with Crippen molar-refractivity contribution >= 4 is 39.6 Å². The molecule has 5 nitrogen and oxygen atoms in total. The van der Waals surface area contributed by atoms with E-state index >= 15 is 0 Å². The van der Waals surface area contributed by atoms with Crippen LogP contribution in [-0.4, -0.2) is 11.1 Å². The summed E-state index contributed by atoms with van der Waals surface area (Å²) < 4.78 is 0. The molecule has 2 aromatic heterocycles. The van der Waals surface area contributed by atoms with E-state index in [0.29, 0.717) is 11.5 Å². The van der Waals surface area contributed by atoms with E-state index in [1.807, 2.05) is 0 Å². The van der Waals surface area contributed by atoms with E-state index in [9.17, 15) is 15.4 Å². The first kappa shape index (κ1) is 14.9. The first-order chi connectivity index (χ1) is 10.6. The molecule has 1 unspecified atom stereocenters. The van der Waals surface area contributed by atoms with Crippen LogP contribution in [0.15, 0.2) is 16.4 Å². The van der Waals surface area contributed by atoms with Crippen molar-refractivity contribution in [1.29, 1.82) is 5.26 Å². The molecular formula is C15H13N3O2S2. The minimum atomic E-state index is -0.417. The Kier molecular flexibility index (Phi) is 4.05. The molecular weight excluding hydrogens is 318 g/mol. The largest absolute Gasteiger partial charge is 0.280 e. The second kappa shape index (κ2) is 5.99. The van der Waals surface area contributed by atoms with E-state index in [1.54, 1.807) is 17.6 Å². The summed E-state index contributed by atoms with van der Waals surface area (Å²) in [5.74, 6) is 0.648. The number of nitriles is 1. The molecule has 0 radical (unpaired) electrons. The zero-order valence-corrected chi connectivity index (χ0v) is 13.5. The lowest BCUT2D eigenvalue weighted by atomic mass is 9.89. The lowest BCUT2D eigenvalue weighted by molar-refractivity contribution is -0.384. The second-order valence-electron chi connectivity index (χ2n) is 5.37. The van der Waals surface area contributed by atoms with E-state index in [0.717, 1.165) is 34.7 Å². The molecule has 112 valence electrons. The van der Waals surface area contributed by atoms with Crippen molar-refractivity contribution in [2.45, 2.75) is 26.2 Å². The first-order valence-corrected chi connectivity index (χ1v) is 8.59. The van der Waals surface area contributed by atoms with Gasteiger partial charge in [0.25, 0.3) is 5.69 Å². The lowest BCUT2D eigenvalue weighted by Gasteiger charge is -2.17. The third kappa shape index (κ3) is 2.80. The smallest absolute Gasteiger partial charge is 0.258 e. The van der Waals surface area contributed by atoms with Crippen molar-refractivity contribution in [3.05, 3.63) is 42.4 Å². The molecule has 0 saturated heterocycles. The van der Waals surface area contributed by atoms with Crippen molar-refractivity contribution in [3.63, 3.8) is 0 Å². The Morgan fingerprint density at radius 1 is 1.59 bits per heavy atom. The highest BCUT2D eigenvalue weighted by molar-refractivity contribution is 7.16. The number of hydrogen-bond acceptors (Lipinski definition) is 6. The minimum absolute atomic E-state index is 0.0752. The molecule has 1 atom stereocenters. The van der Waals surface area contributed by atoms with E-state index in [-0.39, 0.29) is 5.69 Å². The van der Waals surface area contributed by atoms with Crippen LogP contribution < -0.4 is 0 Å². The molecule has 7 heteroatoms. The molecule has 0 spiro atoms. The van der Waals surface area contributed by atoms with Gasteiger partial charge in [-0.15, -0.1) is 22.7 Å². The van der Waals surface area contributed by atoms with Crippen LogP contribution in [0.5, 0.6) is 0 Å². The minimum Gasteiger partial charge on any atom is -0.258 e. The monoisotopic (exact) mass is 331 g/mol. The Hall–Kier alpha value is -2.04. The van der Waals surface area contributed by atoms with Gasteiger partial charge in [0, 0.05) is 17.2 Å². The summed E-state index contributed by atoms with van der Waals surface area (Å²) in [5, 5.41) is 22.3. The SMILES string of the molecule is CC1CCc2c(sc(/N=C/c3cc([N+](=O)[O-])cs3)c2C#N)C1. The molecule has 0 aromatic carbocycles. The van der Waals surface area contributed by atoms with Crippen LogP contribution >= 0.6 is 22.7 Å². The standard InChI is InChI=1S/C15H13N3O2S2/c1-9-2-3-12-13(6-16)15(22-14(12)4-9)17-7-11-5-10(8-21-11)18(19)20/h5,7-9H,2-4H2,1H3/b17-7+. The number of thiophene rings is 2. The Morgan fingerprint density at radius 3 is 3.09 bits per heavy atom. The topological polar surface area (TPSA) is 79.3 Å². The zero-order chi connectivity index (χ0) is 15.7. The first-order valence-electron chi connectivity index (χ1n) is 6.90. The summed E-state index contributed by atoms with van der Waals surface area (Å²) in [5.41, 5.74) is 1.90. The fourth-order valence-corrected chi connectivity index (χ4v) is 4.59. The van der Waals surface area contributed by atoms with Gasteiger partial charge in [-0.25, -0.2) is 4.99 Å². The molecule has 22 heavy (non-hydrogen) atoms. The van der Waals surface area contributed by atoms with Gasteiger partial charge >= 0.3 is 0 Å². The van der Waals surface area contributed by atoms with Gasteiger partial charge in [0.15, 0.2) is 0 Å². The zero-order valence-electron chi connectivity index (χ0n) is 11.9. The molecule has 0 N–H and O–H groups in total. The van der Waals surface area contributed by atoms with Crippen LogP contribution in [0.1, 0.15) is 34.2 Å². The van der Waals surface area contributed by atoms with Crippen molar-refractivity contribution in [1.82, 2.24) is 0 Å². The highest BCUT2D eigenvalue weighted by atomic mass is 32.1. The molecule has 1 aliphatic rings.